The van der Waals surface area contributed by atoms with Crippen LogP contribution in [0, 0.1) is 0 Å². The number of aliphatic hydroxyl groups is 1. The van der Waals surface area contributed by atoms with Gasteiger partial charge in [-0.25, -0.2) is 0 Å². The topological polar surface area (TPSA) is 102 Å². The van der Waals surface area contributed by atoms with E-state index in [4.69, 9.17) is 32.7 Å². The van der Waals surface area contributed by atoms with Gasteiger partial charge in [0.2, 0.25) is 5.34 Å². The lowest BCUT2D eigenvalue weighted by Crippen LogP contribution is -2.54. The summed E-state index contributed by atoms with van der Waals surface area (Å²) in [6, 6.07) is 19.0. The largest absolute Gasteiger partial charge is 0.374 e. The van der Waals surface area contributed by atoms with Crippen LogP contribution in [0.4, 0.5) is 0 Å². The summed E-state index contributed by atoms with van der Waals surface area (Å²) in [6.45, 7) is 3.51. The van der Waals surface area contributed by atoms with E-state index in [1.165, 1.54) is 14.2 Å². The molecule has 0 amide bonds. The van der Waals surface area contributed by atoms with E-state index in [0.29, 0.717) is 0 Å². The minimum Gasteiger partial charge on any atom is -0.374 e. The van der Waals surface area contributed by atoms with E-state index in [-0.39, 0.29) is 13.2 Å². The summed E-state index contributed by atoms with van der Waals surface area (Å²) in [5, 5.41) is 9.69. The molecule has 4 rings (SSSR count). The van der Waals surface area contributed by atoms with Crippen LogP contribution in [0.15, 0.2) is 60.7 Å². The molecule has 0 aliphatic carbocycles. The minimum atomic E-state index is -4.16. The van der Waals surface area contributed by atoms with Crippen LogP contribution in [-0.4, -0.2) is 61.7 Å². The summed E-state index contributed by atoms with van der Waals surface area (Å²) in [6.07, 6.45) is -3.58. The summed E-state index contributed by atoms with van der Waals surface area (Å²) in [5.74, 6) is -0.914. The van der Waals surface area contributed by atoms with Gasteiger partial charge in [-0.1, -0.05) is 60.7 Å². The summed E-state index contributed by atoms with van der Waals surface area (Å²) >= 11 is 0. The fraction of sp³-hybridized carbons (Fsp3) is 0.520. The van der Waals surface area contributed by atoms with Gasteiger partial charge in [0.05, 0.1) is 19.8 Å². The Morgan fingerprint density at radius 3 is 2.09 bits per heavy atom. The molecule has 35 heavy (non-hydrogen) atoms. The van der Waals surface area contributed by atoms with E-state index in [1.54, 1.807) is 13.8 Å². The lowest BCUT2D eigenvalue weighted by molar-refractivity contribution is -0.240. The predicted octanol–water partition coefficient (Wildman–Crippen LogP) is 3.84. The molecule has 2 saturated heterocycles. The van der Waals surface area contributed by atoms with Gasteiger partial charge in [0.15, 0.2) is 12.1 Å². The Morgan fingerprint density at radius 1 is 0.943 bits per heavy atom. The SMILES string of the molecule is COP(=O)(OC)[C@](O)(COCc1ccccc1)[C@H]1O[C@H]2OC(C)(C)O[C@H]2[C@@H]1OCc1ccccc1. The van der Waals surface area contributed by atoms with Crippen LogP contribution in [0.5, 0.6) is 0 Å². The maximum Gasteiger partial charge on any atom is 0.366 e. The number of hydrogen-bond donors (Lipinski definition) is 1. The summed E-state index contributed by atoms with van der Waals surface area (Å²) < 4.78 is 54.2. The highest BCUT2D eigenvalue weighted by Gasteiger charge is 2.67. The van der Waals surface area contributed by atoms with Crippen LogP contribution in [-0.2, 0) is 50.5 Å². The molecule has 2 aliphatic rings. The zero-order chi connectivity index (χ0) is 25.1. The number of rotatable bonds is 11. The van der Waals surface area contributed by atoms with Crippen molar-refractivity contribution in [2.45, 2.75) is 62.8 Å². The molecule has 2 aromatic carbocycles. The number of fused-ring (bicyclic) bond motifs is 1. The van der Waals surface area contributed by atoms with Crippen molar-refractivity contribution in [1.82, 2.24) is 0 Å². The molecule has 0 unspecified atom stereocenters. The van der Waals surface area contributed by atoms with Crippen molar-refractivity contribution in [3.8, 4) is 0 Å². The summed E-state index contributed by atoms with van der Waals surface area (Å²) in [5.41, 5.74) is 1.80. The maximum absolute atomic E-state index is 13.7. The number of ether oxygens (including phenoxy) is 5. The Labute approximate surface area is 205 Å². The van der Waals surface area contributed by atoms with E-state index in [9.17, 15) is 9.67 Å². The van der Waals surface area contributed by atoms with Gasteiger partial charge in [-0.05, 0) is 25.0 Å². The van der Waals surface area contributed by atoms with Gasteiger partial charge in [0.1, 0.15) is 18.3 Å². The molecule has 192 valence electrons. The van der Waals surface area contributed by atoms with Crippen LogP contribution in [0.2, 0.25) is 0 Å². The van der Waals surface area contributed by atoms with E-state index in [1.807, 2.05) is 60.7 Å². The van der Waals surface area contributed by atoms with Crippen molar-refractivity contribution in [2.24, 2.45) is 0 Å². The van der Waals surface area contributed by atoms with Crippen LogP contribution in [0.1, 0.15) is 25.0 Å². The van der Waals surface area contributed by atoms with Gasteiger partial charge >= 0.3 is 7.60 Å². The highest BCUT2D eigenvalue weighted by atomic mass is 31.2. The molecule has 2 fully saturated rings. The normalized spacial score (nSPS) is 27.5. The van der Waals surface area contributed by atoms with Gasteiger partial charge in [-0.2, -0.15) is 0 Å². The molecule has 0 spiro atoms. The van der Waals surface area contributed by atoms with Crippen LogP contribution < -0.4 is 0 Å². The first-order valence-corrected chi connectivity index (χ1v) is 13.0. The summed E-state index contributed by atoms with van der Waals surface area (Å²) in [7, 11) is -1.75. The average Bonchev–Trinajstić information content (AvgIpc) is 3.35. The first-order chi connectivity index (χ1) is 16.7. The van der Waals surface area contributed by atoms with E-state index in [2.05, 4.69) is 0 Å². The Balaban J connectivity index is 1.61. The number of benzene rings is 2. The summed E-state index contributed by atoms with van der Waals surface area (Å²) in [4.78, 5) is 0. The Morgan fingerprint density at radius 2 is 1.51 bits per heavy atom. The Bertz CT molecular complexity index is 995. The third-order valence-corrected chi connectivity index (χ3v) is 8.41. The molecule has 0 radical (unpaired) electrons. The standard InChI is InChI=1S/C25H33O9P/c1-24(2)33-21-20(31-16-19-13-9-6-10-14-19)22(32-23(21)34-24)25(26,35(27,28-3)29-4)17-30-15-18-11-7-5-8-12-18/h5-14,20-23,26H,15-17H2,1-4H3/t20-,21-,22-,23-,25+/m0/s1. The lowest BCUT2D eigenvalue weighted by atomic mass is 10.0. The van der Waals surface area contributed by atoms with Crippen LogP contribution in [0.25, 0.3) is 0 Å². The second-order valence-corrected chi connectivity index (χ2v) is 11.5. The average molecular weight is 509 g/mol. The fourth-order valence-electron chi connectivity index (χ4n) is 4.40. The molecule has 9 nitrogen and oxygen atoms in total. The zero-order valence-electron chi connectivity index (χ0n) is 20.4. The second kappa shape index (κ2) is 10.8. The zero-order valence-corrected chi connectivity index (χ0v) is 21.3. The van der Waals surface area contributed by atoms with Crippen molar-refractivity contribution < 1.29 is 42.4 Å². The van der Waals surface area contributed by atoms with Crippen molar-refractivity contribution in [3.63, 3.8) is 0 Å². The van der Waals surface area contributed by atoms with Crippen molar-refractivity contribution in [3.05, 3.63) is 71.8 Å². The van der Waals surface area contributed by atoms with Crippen molar-refractivity contribution >= 4 is 7.60 Å². The molecular formula is C25H33O9P. The van der Waals surface area contributed by atoms with Crippen molar-refractivity contribution in [2.75, 3.05) is 20.8 Å². The smallest absolute Gasteiger partial charge is 0.366 e. The lowest BCUT2D eigenvalue weighted by Gasteiger charge is -2.39. The van der Waals surface area contributed by atoms with Gasteiger partial charge < -0.3 is 37.8 Å². The Hall–Kier alpha value is -1.65. The minimum absolute atomic E-state index is 0.172. The van der Waals surface area contributed by atoms with Crippen molar-refractivity contribution in [1.29, 1.82) is 0 Å². The molecule has 2 heterocycles. The van der Waals surface area contributed by atoms with E-state index < -0.39 is 49.9 Å². The number of hydrogen-bond acceptors (Lipinski definition) is 9. The molecule has 10 heteroatoms. The first kappa shape index (κ1) is 26.4. The maximum atomic E-state index is 13.7. The molecule has 1 N–H and O–H groups in total. The van der Waals surface area contributed by atoms with E-state index >= 15 is 0 Å². The Kier molecular flexibility index (Phi) is 8.12. The molecular weight excluding hydrogens is 475 g/mol. The highest BCUT2D eigenvalue weighted by molar-refractivity contribution is 7.55. The van der Waals surface area contributed by atoms with Gasteiger partial charge in [0, 0.05) is 14.2 Å². The fourth-order valence-corrected chi connectivity index (χ4v) is 5.95. The third-order valence-electron chi connectivity index (χ3n) is 6.11. The predicted molar refractivity (Wildman–Crippen MR) is 126 cm³/mol. The van der Waals surface area contributed by atoms with Gasteiger partial charge in [-0.15, -0.1) is 0 Å². The molecule has 2 aliphatic heterocycles. The molecule has 0 saturated carbocycles. The van der Waals surface area contributed by atoms with Crippen LogP contribution in [0.3, 0.4) is 0 Å². The van der Waals surface area contributed by atoms with Crippen LogP contribution >= 0.6 is 7.60 Å². The van der Waals surface area contributed by atoms with E-state index in [0.717, 1.165) is 11.1 Å². The molecule has 0 bridgehead atoms. The molecule has 0 aromatic heterocycles. The monoisotopic (exact) mass is 508 g/mol. The van der Waals surface area contributed by atoms with Gasteiger partial charge in [-0.3, -0.25) is 4.57 Å². The molecule has 2 aromatic rings. The molecule has 5 atom stereocenters. The second-order valence-electron chi connectivity index (χ2n) is 9.01. The third kappa shape index (κ3) is 5.54. The van der Waals surface area contributed by atoms with Gasteiger partial charge in [0.25, 0.3) is 0 Å². The first-order valence-electron chi connectivity index (χ1n) is 11.4. The quantitative estimate of drug-likeness (QED) is 0.454. The highest BCUT2D eigenvalue weighted by Crippen LogP contribution is 2.62.